The zero-order valence-corrected chi connectivity index (χ0v) is 9.91. The van der Waals surface area contributed by atoms with Gasteiger partial charge in [0.25, 0.3) is 0 Å². The van der Waals surface area contributed by atoms with Crippen LogP contribution in [0.5, 0.6) is 0 Å². The van der Waals surface area contributed by atoms with Crippen LogP contribution in [-0.4, -0.2) is 6.00 Å². The molecule has 3 atom stereocenters. The molecule has 68 valence electrons. The third-order valence-corrected chi connectivity index (χ3v) is 5.29. The van der Waals surface area contributed by atoms with Crippen molar-refractivity contribution in [2.45, 2.75) is 18.9 Å². The van der Waals surface area contributed by atoms with Crippen LogP contribution in [0, 0.1) is 17.8 Å². The van der Waals surface area contributed by atoms with Gasteiger partial charge >= 0.3 is 6.00 Å². The highest BCUT2D eigenvalue weighted by Crippen LogP contribution is 2.48. The van der Waals surface area contributed by atoms with Crippen molar-refractivity contribution in [2.24, 2.45) is 17.8 Å². The topological polar surface area (TPSA) is 0 Å². The molecule has 3 unspecified atom stereocenters. The molecule has 0 aromatic heterocycles. The van der Waals surface area contributed by atoms with Crippen LogP contribution < -0.4 is 0 Å². The van der Waals surface area contributed by atoms with Gasteiger partial charge in [-0.15, -0.1) is 33.2 Å². The van der Waals surface area contributed by atoms with E-state index in [1.807, 2.05) is 0 Å². The summed E-state index contributed by atoms with van der Waals surface area (Å²) < 4.78 is 0. The Labute approximate surface area is 88.0 Å². The first-order chi connectivity index (χ1) is 5.54. The first kappa shape index (κ1) is 9.38. The standard InChI is InChI=1S/C8H11Cl3Si/c9-12(10,11)5-8-4-6-1-2-7(8)3-6/h1-2,6-8H,3-5H2. The molecule has 2 aliphatic carbocycles. The fraction of sp³-hybridized carbons (Fsp3) is 0.750. The average molecular weight is 242 g/mol. The monoisotopic (exact) mass is 240 g/mol. The van der Waals surface area contributed by atoms with E-state index in [0.717, 1.165) is 17.9 Å². The second-order valence-electron chi connectivity index (χ2n) is 3.86. The van der Waals surface area contributed by atoms with Crippen molar-refractivity contribution in [2.75, 3.05) is 0 Å². The highest BCUT2D eigenvalue weighted by atomic mass is 35.8. The molecule has 0 amide bonds. The van der Waals surface area contributed by atoms with Crippen LogP contribution in [0.25, 0.3) is 0 Å². The second-order valence-corrected chi connectivity index (χ2v) is 13.0. The van der Waals surface area contributed by atoms with Crippen molar-refractivity contribution in [3.05, 3.63) is 12.2 Å². The lowest BCUT2D eigenvalue weighted by Crippen LogP contribution is -2.18. The average Bonchev–Trinajstić information content (AvgIpc) is 2.42. The summed E-state index contributed by atoms with van der Waals surface area (Å²) in [5, 5.41) is 0. The molecule has 12 heavy (non-hydrogen) atoms. The quantitative estimate of drug-likeness (QED) is 0.391. The molecular formula is C8H11Cl3Si. The van der Waals surface area contributed by atoms with Gasteiger partial charge in [0, 0.05) is 0 Å². The summed E-state index contributed by atoms with van der Waals surface area (Å²) in [7, 11) is 0. The van der Waals surface area contributed by atoms with Crippen molar-refractivity contribution in [3.8, 4) is 0 Å². The molecular weight excluding hydrogens is 231 g/mol. The first-order valence-electron chi connectivity index (χ1n) is 4.30. The van der Waals surface area contributed by atoms with Gasteiger partial charge in [-0.1, -0.05) is 12.2 Å². The maximum Gasteiger partial charge on any atom is 0.341 e. The van der Waals surface area contributed by atoms with Crippen LogP contribution in [0.2, 0.25) is 6.04 Å². The smallest absolute Gasteiger partial charge is 0.126 e. The number of hydrogen-bond acceptors (Lipinski definition) is 0. The van der Waals surface area contributed by atoms with Gasteiger partial charge in [0.05, 0.1) is 0 Å². The Morgan fingerprint density at radius 2 is 1.92 bits per heavy atom. The summed E-state index contributed by atoms with van der Waals surface area (Å²) in [5.74, 6) is 2.18. The van der Waals surface area contributed by atoms with Gasteiger partial charge in [-0.25, -0.2) is 0 Å². The van der Waals surface area contributed by atoms with Gasteiger partial charge in [-0.2, -0.15) is 0 Å². The highest BCUT2D eigenvalue weighted by Gasteiger charge is 2.40. The van der Waals surface area contributed by atoms with Gasteiger partial charge < -0.3 is 0 Å². The molecule has 0 radical (unpaired) electrons. The summed E-state index contributed by atoms with van der Waals surface area (Å²) in [4.78, 5) is 0. The van der Waals surface area contributed by atoms with Crippen LogP contribution >= 0.6 is 33.2 Å². The minimum absolute atomic E-state index is 0.666. The van der Waals surface area contributed by atoms with Crippen molar-refractivity contribution in [1.29, 1.82) is 0 Å². The van der Waals surface area contributed by atoms with Crippen LogP contribution in [0.4, 0.5) is 0 Å². The number of fused-ring (bicyclic) bond motifs is 2. The van der Waals surface area contributed by atoms with Crippen molar-refractivity contribution >= 4 is 39.2 Å². The Hall–Kier alpha value is 0.827. The fourth-order valence-corrected chi connectivity index (χ4v) is 5.27. The first-order valence-corrected chi connectivity index (χ1v) is 9.54. The third-order valence-electron chi connectivity index (χ3n) is 2.91. The highest BCUT2D eigenvalue weighted by molar-refractivity contribution is 7.64. The lowest BCUT2D eigenvalue weighted by Gasteiger charge is -2.20. The Morgan fingerprint density at radius 1 is 1.17 bits per heavy atom. The van der Waals surface area contributed by atoms with Gasteiger partial charge in [0.1, 0.15) is 0 Å². The van der Waals surface area contributed by atoms with E-state index in [1.165, 1.54) is 12.8 Å². The molecule has 0 N–H and O–H groups in total. The van der Waals surface area contributed by atoms with Crippen LogP contribution in [0.1, 0.15) is 12.8 Å². The van der Waals surface area contributed by atoms with Gasteiger partial charge in [0.15, 0.2) is 0 Å². The van der Waals surface area contributed by atoms with Gasteiger partial charge in [0.2, 0.25) is 0 Å². The zero-order chi connectivity index (χ0) is 8.77. The molecule has 1 fully saturated rings. The summed E-state index contributed by atoms with van der Waals surface area (Å²) in [6.45, 7) is 0. The number of rotatable bonds is 2. The van der Waals surface area contributed by atoms with Crippen molar-refractivity contribution < 1.29 is 0 Å². The Balaban J connectivity index is 1.96. The molecule has 0 spiro atoms. The van der Waals surface area contributed by atoms with E-state index >= 15 is 0 Å². The Kier molecular flexibility index (Phi) is 2.50. The summed E-state index contributed by atoms with van der Waals surface area (Å²) in [6.07, 6.45) is 7.19. The van der Waals surface area contributed by atoms with E-state index in [0.29, 0.717) is 5.92 Å². The van der Waals surface area contributed by atoms with Gasteiger partial charge in [-0.05, 0) is 36.6 Å². The van der Waals surface area contributed by atoms with Gasteiger partial charge in [-0.3, -0.25) is 0 Å². The third kappa shape index (κ3) is 2.01. The molecule has 2 aliphatic rings. The SMILES string of the molecule is Cl[Si](Cl)(Cl)CC1CC2C=CC1C2. The fourth-order valence-electron chi connectivity index (χ4n) is 2.43. The maximum atomic E-state index is 5.90. The number of halogens is 3. The molecule has 0 heterocycles. The maximum absolute atomic E-state index is 5.90. The van der Waals surface area contributed by atoms with E-state index in [-0.39, 0.29) is 0 Å². The summed E-state index contributed by atoms with van der Waals surface area (Å²) in [6, 6.07) is -1.53. The molecule has 0 aromatic carbocycles. The number of allylic oxidation sites excluding steroid dienone is 2. The minimum Gasteiger partial charge on any atom is -0.126 e. The summed E-state index contributed by atoms with van der Waals surface area (Å²) in [5.41, 5.74) is 0. The van der Waals surface area contributed by atoms with E-state index in [2.05, 4.69) is 12.2 Å². The molecule has 1 saturated carbocycles. The molecule has 0 aromatic rings. The molecule has 2 bridgehead atoms. The second kappa shape index (κ2) is 3.20. The number of hydrogen-bond donors (Lipinski definition) is 0. The molecule has 0 nitrogen and oxygen atoms in total. The molecule has 4 heteroatoms. The van der Waals surface area contributed by atoms with Crippen molar-refractivity contribution in [3.63, 3.8) is 0 Å². The molecule has 0 aliphatic heterocycles. The Bertz CT molecular complexity index is 209. The summed E-state index contributed by atoms with van der Waals surface area (Å²) >= 11 is 17.7. The normalized spacial score (nSPS) is 39.4. The lowest BCUT2D eigenvalue weighted by molar-refractivity contribution is 0.491. The van der Waals surface area contributed by atoms with Crippen LogP contribution in [0.15, 0.2) is 12.2 Å². The van der Waals surface area contributed by atoms with Crippen molar-refractivity contribution in [1.82, 2.24) is 0 Å². The molecule has 0 saturated heterocycles. The van der Waals surface area contributed by atoms with E-state index in [9.17, 15) is 0 Å². The zero-order valence-electron chi connectivity index (χ0n) is 6.64. The minimum atomic E-state index is -2.38. The predicted molar refractivity (Wildman–Crippen MR) is 57.0 cm³/mol. The van der Waals surface area contributed by atoms with Crippen LogP contribution in [-0.2, 0) is 0 Å². The van der Waals surface area contributed by atoms with E-state index in [1.54, 1.807) is 0 Å². The molecule has 2 rings (SSSR count). The van der Waals surface area contributed by atoms with Crippen LogP contribution in [0.3, 0.4) is 0 Å². The largest absolute Gasteiger partial charge is 0.341 e. The Morgan fingerprint density at radius 3 is 2.33 bits per heavy atom. The lowest BCUT2D eigenvalue weighted by atomic mass is 9.96. The van der Waals surface area contributed by atoms with E-state index < -0.39 is 6.00 Å². The predicted octanol–water partition coefficient (Wildman–Crippen LogP) is 3.85. The van der Waals surface area contributed by atoms with E-state index in [4.69, 9.17) is 33.2 Å².